The van der Waals surface area contributed by atoms with Gasteiger partial charge in [-0.3, -0.25) is 0 Å². The highest BCUT2D eigenvalue weighted by Gasteiger charge is 2.30. The van der Waals surface area contributed by atoms with Gasteiger partial charge in [0.1, 0.15) is 12.2 Å². The fourth-order valence-electron chi connectivity index (χ4n) is 1.02. The second kappa shape index (κ2) is 3.30. The Morgan fingerprint density at radius 3 is 2.60 bits per heavy atom. The molecule has 0 aromatic carbocycles. The predicted molar refractivity (Wildman–Crippen MR) is 33.5 cm³/mol. The normalized spacial score (nSPS) is 41.7. The monoisotopic (exact) mass is 148 g/mol. The van der Waals surface area contributed by atoms with Crippen molar-refractivity contribution in [2.75, 3.05) is 13.2 Å². The van der Waals surface area contributed by atoms with Crippen LogP contribution in [0.1, 0.15) is 6.42 Å². The lowest BCUT2D eigenvalue weighted by atomic mass is 10.0. The van der Waals surface area contributed by atoms with E-state index in [1.807, 2.05) is 0 Å². The van der Waals surface area contributed by atoms with Crippen molar-refractivity contribution in [1.82, 2.24) is 0 Å². The van der Waals surface area contributed by atoms with Crippen molar-refractivity contribution in [3.8, 4) is 0 Å². The average molecular weight is 148 g/mol. The summed E-state index contributed by atoms with van der Waals surface area (Å²) in [4.78, 5) is 0. The van der Waals surface area contributed by atoms with E-state index in [9.17, 15) is 0 Å². The van der Waals surface area contributed by atoms with Gasteiger partial charge in [-0.1, -0.05) is 0 Å². The average Bonchev–Trinajstić information content (AvgIpc) is 1.95. The van der Waals surface area contributed by atoms with Crippen LogP contribution >= 0.6 is 0 Å². The molecule has 4 nitrogen and oxygen atoms in total. The highest BCUT2D eigenvalue weighted by molar-refractivity contribution is 4.79. The number of aliphatic hydroxyl groups is 3. The summed E-state index contributed by atoms with van der Waals surface area (Å²) in [6, 6.07) is 0. The first-order chi connectivity index (χ1) is 4.75. The molecular formula is C6H12O4. The number of aliphatic hydroxyl groups excluding tert-OH is 3. The Balaban J connectivity index is 2.42. The molecule has 1 saturated heterocycles. The third-order valence-electron chi connectivity index (χ3n) is 1.70. The molecule has 4 heteroatoms. The van der Waals surface area contributed by atoms with E-state index in [2.05, 4.69) is 0 Å². The molecule has 0 aromatic rings. The first kappa shape index (κ1) is 7.94. The van der Waals surface area contributed by atoms with E-state index in [-0.39, 0.29) is 6.61 Å². The summed E-state index contributed by atoms with van der Waals surface area (Å²) in [5.74, 6) is 0. The van der Waals surface area contributed by atoms with Crippen molar-refractivity contribution in [1.29, 1.82) is 0 Å². The molecule has 60 valence electrons. The Morgan fingerprint density at radius 2 is 2.10 bits per heavy atom. The standard InChI is InChI=1S/C6H12O4/c7-3-5-6(9)4(8)1-2-10-5/h4-9H,1-3H2. The van der Waals surface area contributed by atoms with Crippen molar-refractivity contribution in [2.24, 2.45) is 0 Å². The fraction of sp³-hybridized carbons (Fsp3) is 1.00. The van der Waals surface area contributed by atoms with Crippen LogP contribution in [-0.2, 0) is 4.74 Å². The Morgan fingerprint density at radius 1 is 1.40 bits per heavy atom. The third kappa shape index (κ3) is 1.46. The van der Waals surface area contributed by atoms with Gasteiger partial charge in [-0.05, 0) is 6.42 Å². The molecule has 3 unspecified atom stereocenters. The second-order valence-corrected chi connectivity index (χ2v) is 2.44. The molecule has 1 aliphatic rings. The molecule has 0 saturated carbocycles. The van der Waals surface area contributed by atoms with Gasteiger partial charge in [-0.15, -0.1) is 0 Å². The summed E-state index contributed by atoms with van der Waals surface area (Å²) in [5, 5.41) is 26.7. The van der Waals surface area contributed by atoms with Crippen LogP contribution in [0.15, 0.2) is 0 Å². The summed E-state index contributed by atoms with van der Waals surface area (Å²) in [5.41, 5.74) is 0. The summed E-state index contributed by atoms with van der Waals surface area (Å²) < 4.78 is 4.95. The lowest BCUT2D eigenvalue weighted by Gasteiger charge is -2.30. The molecule has 0 bridgehead atoms. The zero-order valence-corrected chi connectivity index (χ0v) is 5.60. The molecule has 1 rings (SSSR count). The van der Waals surface area contributed by atoms with Crippen LogP contribution in [0.4, 0.5) is 0 Å². The summed E-state index contributed by atoms with van der Waals surface area (Å²) in [6.45, 7) is 0.168. The van der Waals surface area contributed by atoms with E-state index < -0.39 is 18.3 Å². The van der Waals surface area contributed by atoms with Crippen molar-refractivity contribution in [3.05, 3.63) is 0 Å². The minimum absolute atomic E-state index is 0.238. The molecule has 1 heterocycles. The van der Waals surface area contributed by atoms with Crippen LogP contribution in [0.25, 0.3) is 0 Å². The van der Waals surface area contributed by atoms with Crippen molar-refractivity contribution < 1.29 is 20.1 Å². The van der Waals surface area contributed by atoms with Crippen molar-refractivity contribution in [2.45, 2.75) is 24.7 Å². The van der Waals surface area contributed by atoms with E-state index in [1.54, 1.807) is 0 Å². The molecule has 1 aliphatic heterocycles. The van der Waals surface area contributed by atoms with E-state index >= 15 is 0 Å². The highest BCUT2D eigenvalue weighted by atomic mass is 16.5. The van der Waals surface area contributed by atoms with Crippen molar-refractivity contribution in [3.63, 3.8) is 0 Å². The maximum Gasteiger partial charge on any atom is 0.109 e. The Kier molecular flexibility index (Phi) is 2.62. The summed E-state index contributed by atoms with van der Waals surface area (Å²) in [7, 11) is 0. The molecule has 0 amide bonds. The van der Waals surface area contributed by atoms with Gasteiger partial charge in [0, 0.05) is 6.61 Å². The molecule has 0 aromatic heterocycles. The first-order valence-electron chi connectivity index (χ1n) is 3.34. The number of rotatable bonds is 1. The smallest absolute Gasteiger partial charge is 0.109 e. The Labute approximate surface area is 59.1 Å². The third-order valence-corrected chi connectivity index (χ3v) is 1.70. The quantitative estimate of drug-likeness (QED) is 0.423. The Bertz CT molecular complexity index is 106. The van der Waals surface area contributed by atoms with Crippen molar-refractivity contribution >= 4 is 0 Å². The number of ether oxygens (including phenoxy) is 1. The number of hydrogen-bond acceptors (Lipinski definition) is 4. The van der Waals surface area contributed by atoms with Gasteiger partial charge in [-0.2, -0.15) is 0 Å². The van der Waals surface area contributed by atoms with Gasteiger partial charge in [0.05, 0.1) is 12.7 Å². The SMILES string of the molecule is OCC1OCCC(O)C1O. The second-order valence-electron chi connectivity index (χ2n) is 2.44. The minimum atomic E-state index is -0.932. The molecule has 1 fully saturated rings. The van der Waals surface area contributed by atoms with E-state index in [0.29, 0.717) is 13.0 Å². The summed E-state index contributed by atoms with van der Waals surface area (Å²) in [6.07, 6.45) is -1.84. The van der Waals surface area contributed by atoms with Crippen LogP contribution in [0, 0.1) is 0 Å². The zero-order chi connectivity index (χ0) is 7.56. The highest BCUT2D eigenvalue weighted by Crippen LogP contribution is 2.13. The molecular weight excluding hydrogens is 136 g/mol. The molecule has 0 spiro atoms. The maximum absolute atomic E-state index is 9.10. The molecule has 0 radical (unpaired) electrons. The van der Waals surface area contributed by atoms with Crippen LogP contribution in [0.3, 0.4) is 0 Å². The predicted octanol–water partition coefficient (Wildman–Crippen LogP) is -1.51. The topological polar surface area (TPSA) is 69.9 Å². The first-order valence-corrected chi connectivity index (χ1v) is 3.34. The molecule has 3 N–H and O–H groups in total. The van der Waals surface area contributed by atoms with E-state index in [0.717, 1.165) is 0 Å². The fourth-order valence-corrected chi connectivity index (χ4v) is 1.02. The van der Waals surface area contributed by atoms with Crippen LogP contribution in [-0.4, -0.2) is 46.8 Å². The lowest BCUT2D eigenvalue weighted by molar-refractivity contribution is -0.147. The maximum atomic E-state index is 9.10. The van der Waals surface area contributed by atoms with Gasteiger partial charge in [0.15, 0.2) is 0 Å². The van der Waals surface area contributed by atoms with Gasteiger partial charge in [0.25, 0.3) is 0 Å². The molecule has 10 heavy (non-hydrogen) atoms. The van der Waals surface area contributed by atoms with Gasteiger partial charge in [-0.25, -0.2) is 0 Å². The van der Waals surface area contributed by atoms with E-state index in [4.69, 9.17) is 20.1 Å². The van der Waals surface area contributed by atoms with Crippen LogP contribution in [0.5, 0.6) is 0 Å². The zero-order valence-electron chi connectivity index (χ0n) is 5.60. The van der Waals surface area contributed by atoms with Gasteiger partial charge >= 0.3 is 0 Å². The van der Waals surface area contributed by atoms with Crippen LogP contribution in [0.2, 0.25) is 0 Å². The van der Waals surface area contributed by atoms with Gasteiger partial charge < -0.3 is 20.1 Å². The Hall–Kier alpha value is -0.160. The largest absolute Gasteiger partial charge is 0.394 e. The number of hydrogen-bond donors (Lipinski definition) is 3. The van der Waals surface area contributed by atoms with E-state index in [1.165, 1.54) is 0 Å². The minimum Gasteiger partial charge on any atom is -0.394 e. The van der Waals surface area contributed by atoms with Gasteiger partial charge in [0.2, 0.25) is 0 Å². The summed E-state index contributed by atoms with van der Waals surface area (Å²) >= 11 is 0. The van der Waals surface area contributed by atoms with Crippen LogP contribution < -0.4 is 0 Å². The molecule has 0 aliphatic carbocycles. The lowest BCUT2D eigenvalue weighted by Crippen LogP contribution is -2.46. The molecule has 3 atom stereocenters.